The highest BCUT2D eigenvalue weighted by Crippen LogP contribution is 2.39. The molecule has 2 aromatic carbocycles. The van der Waals surface area contributed by atoms with E-state index in [-0.39, 0.29) is 34.7 Å². The lowest BCUT2D eigenvalue weighted by Crippen LogP contribution is -2.28. The van der Waals surface area contributed by atoms with Crippen molar-refractivity contribution in [3.63, 3.8) is 0 Å². The molecule has 3 aromatic rings. The molecular formula is C29H38N6O4. The standard InChI is InChI=1S/C29H38N6O4/c1-4-6-13-34(3)29(39)23-16-22(25(36)17-26(23)37)21-15-20(14-19-9-11-30-12-10-19)7-8-24(21)35-18-32-33-27(35)28(38)31-5-2/h7-8,15-19,30,36-37H,4-6,9-14H2,1-3H3,(H,31,38). The van der Waals surface area contributed by atoms with Crippen molar-refractivity contribution in [2.24, 2.45) is 5.92 Å². The summed E-state index contributed by atoms with van der Waals surface area (Å²) in [4.78, 5) is 27.5. The molecule has 0 saturated carbocycles. The highest BCUT2D eigenvalue weighted by molar-refractivity contribution is 5.99. The van der Waals surface area contributed by atoms with Crippen LogP contribution in [0.15, 0.2) is 36.7 Å². The summed E-state index contributed by atoms with van der Waals surface area (Å²) in [5.41, 5.74) is 2.74. The molecule has 2 heterocycles. The molecule has 1 aromatic heterocycles. The largest absolute Gasteiger partial charge is 0.507 e. The average molecular weight is 535 g/mol. The van der Waals surface area contributed by atoms with E-state index in [0.717, 1.165) is 50.8 Å². The van der Waals surface area contributed by atoms with Gasteiger partial charge in [0.1, 0.15) is 17.8 Å². The molecule has 0 radical (unpaired) electrons. The van der Waals surface area contributed by atoms with Crippen LogP contribution >= 0.6 is 0 Å². The predicted octanol–water partition coefficient (Wildman–Crippen LogP) is 3.51. The van der Waals surface area contributed by atoms with E-state index in [1.54, 1.807) is 16.5 Å². The Labute approximate surface area is 229 Å². The van der Waals surface area contributed by atoms with E-state index in [1.807, 2.05) is 32.0 Å². The average Bonchev–Trinajstić information content (AvgIpc) is 3.42. The van der Waals surface area contributed by atoms with E-state index < -0.39 is 0 Å². The number of carbonyl (C=O) groups excluding carboxylic acids is 2. The predicted molar refractivity (Wildman–Crippen MR) is 149 cm³/mol. The van der Waals surface area contributed by atoms with Crippen molar-refractivity contribution in [1.29, 1.82) is 0 Å². The van der Waals surface area contributed by atoms with Crippen LogP contribution in [0.1, 0.15) is 66.1 Å². The molecule has 0 spiro atoms. The SMILES string of the molecule is CCCCN(C)C(=O)c1cc(-c2cc(CC3CCNCC3)ccc2-n2cnnc2C(=O)NCC)c(O)cc1O. The molecular weight excluding hydrogens is 496 g/mol. The number of unbranched alkanes of at least 4 members (excludes halogenated alkanes) is 1. The Morgan fingerprint density at radius 1 is 1.10 bits per heavy atom. The lowest BCUT2D eigenvalue weighted by molar-refractivity contribution is 0.0790. The molecule has 10 nitrogen and oxygen atoms in total. The van der Waals surface area contributed by atoms with Crippen LogP contribution in [0.2, 0.25) is 0 Å². The maximum Gasteiger partial charge on any atom is 0.289 e. The Bertz CT molecular complexity index is 1320. The van der Waals surface area contributed by atoms with Crippen molar-refractivity contribution < 1.29 is 19.8 Å². The molecule has 1 aliphatic rings. The van der Waals surface area contributed by atoms with Crippen LogP contribution in [0.4, 0.5) is 0 Å². The number of amides is 2. The fourth-order valence-electron chi connectivity index (χ4n) is 5.03. The summed E-state index contributed by atoms with van der Waals surface area (Å²) in [6, 6.07) is 8.62. The number of hydrogen-bond acceptors (Lipinski definition) is 7. The molecule has 4 N–H and O–H groups in total. The van der Waals surface area contributed by atoms with Gasteiger partial charge in [-0.15, -0.1) is 10.2 Å². The summed E-state index contributed by atoms with van der Waals surface area (Å²) in [7, 11) is 1.70. The van der Waals surface area contributed by atoms with E-state index in [1.165, 1.54) is 18.5 Å². The molecule has 0 unspecified atom stereocenters. The number of nitrogens with one attached hydrogen (secondary N) is 2. The Balaban J connectivity index is 1.83. The van der Waals surface area contributed by atoms with E-state index in [2.05, 4.69) is 20.8 Å². The van der Waals surface area contributed by atoms with Crippen molar-refractivity contribution in [1.82, 2.24) is 30.3 Å². The van der Waals surface area contributed by atoms with E-state index in [0.29, 0.717) is 35.8 Å². The summed E-state index contributed by atoms with van der Waals surface area (Å²) in [6.07, 6.45) is 6.26. The lowest BCUT2D eigenvalue weighted by atomic mass is 9.89. The van der Waals surface area contributed by atoms with Crippen molar-refractivity contribution in [2.45, 2.75) is 46.0 Å². The molecule has 0 aliphatic carbocycles. The Hall–Kier alpha value is -3.92. The first-order valence-corrected chi connectivity index (χ1v) is 13.7. The van der Waals surface area contributed by atoms with Crippen LogP contribution in [0.5, 0.6) is 11.5 Å². The number of hydrogen-bond donors (Lipinski definition) is 4. The van der Waals surface area contributed by atoms with Gasteiger partial charge in [-0.3, -0.25) is 14.2 Å². The maximum atomic E-state index is 13.2. The summed E-state index contributed by atoms with van der Waals surface area (Å²) >= 11 is 0. The summed E-state index contributed by atoms with van der Waals surface area (Å²) < 4.78 is 1.58. The molecule has 39 heavy (non-hydrogen) atoms. The first-order chi connectivity index (χ1) is 18.8. The normalized spacial score (nSPS) is 13.8. The van der Waals surface area contributed by atoms with Gasteiger partial charge < -0.3 is 25.7 Å². The first-order valence-electron chi connectivity index (χ1n) is 13.7. The van der Waals surface area contributed by atoms with E-state index in [9.17, 15) is 19.8 Å². The number of benzene rings is 2. The van der Waals surface area contributed by atoms with Gasteiger partial charge in [0.25, 0.3) is 11.8 Å². The van der Waals surface area contributed by atoms with Gasteiger partial charge >= 0.3 is 0 Å². The fourth-order valence-corrected chi connectivity index (χ4v) is 5.03. The highest BCUT2D eigenvalue weighted by atomic mass is 16.3. The van der Waals surface area contributed by atoms with Gasteiger partial charge in [0, 0.05) is 37.3 Å². The second kappa shape index (κ2) is 12.8. The quantitative estimate of drug-likeness (QED) is 0.313. The molecule has 0 bridgehead atoms. The molecule has 0 atom stereocenters. The Morgan fingerprint density at radius 2 is 1.87 bits per heavy atom. The molecule has 1 fully saturated rings. The minimum Gasteiger partial charge on any atom is -0.507 e. The topological polar surface area (TPSA) is 133 Å². The van der Waals surface area contributed by atoms with Crippen LogP contribution in [0.25, 0.3) is 16.8 Å². The van der Waals surface area contributed by atoms with Gasteiger partial charge in [-0.1, -0.05) is 19.4 Å². The highest BCUT2D eigenvalue weighted by Gasteiger charge is 2.24. The van der Waals surface area contributed by atoms with Crippen molar-refractivity contribution in [3.05, 3.63) is 53.6 Å². The number of phenols is 2. The second-order valence-electron chi connectivity index (χ2n) is 10.1. The molecule has 10 heteroatoms. The number of nitrogens with zero attached hydrogens (tertiary/aromatic N) is 4. The Morgan fingerprint density at radius 3 is 2.59 bits per heavy atom. The number of piperidine rings is 1. The number of rotatable bonds is 10. The maximum absolute atomic E-state index is 13.2. The first kappa shape index (κ1) is 28.1. The fraction of sp³-hybridized carbons (Fsp3) is 0.448. The van der Waals surface area contributed by atoms with Gasteiger partial charge in [0.2, 0.25) is 5.82 Å². The number of aromatic nitrogens is 3. The van der Waals surface area contributed by atoms with Gasteiger partial charge in [0.05, 0.1) is 11.3 Å². The smallest absolute Gasteiger partial charge is 0.289 e. The van der Waals surface area contributed by atoms with Crippen LogP contribution in [-0.2, 0) is 6.42 Å². The van der Waals surface area contributed by atoms with Gasteiger partial charge in [-0.2, -0.15) is 0 Å². The van der Waals surface area contributed by atoms with Crippen molar-refractivity contribution in [2.75, 3.05) is 33.2 Å². The zero-order valence-electron chi connectivity index (χ0n) is 22.9. The van der Waals surface area contributed by atoms with Crippen molar-refractivity contribution in [3.8, 4) is 28.3 Å². The lowest BCUT2D eigenvalue weighted by Gasteiger charge is -2.23. The minimum absolute atomic E-state index is 0.101. The van der Waals surface area contributed by atoms with Crippen molar-refractivity contribution >= 4 is 11.8 Å². The third-order valence-corrected chi connectivity index (χ3v) is 7.22. The third-order valence-electron chi connectivity index (χ3n) is 7.22. The van der Waals surface area contributed by atoms with E-state index >= 15 is 0 Å². The van der Waals surface area contributed by atoms with Crippen LogP contribution in [-0.4, -0.2) is 74.9 Å². The van der Waals surface area contributed by atoms with Crippen LogP contribution in [0.3, 0.4) is 0 Å². The summed E-state index contributed by atoms with van der Waals surface area (Å²) in [5, 5.41) is 35.8. The Kier molecular flexibility index (Phi) is 9.19. The monoisotopic (exact) mass is 534 g/mol. The number of carbonyl (C=O) groups is 2. The zero-order chi connectivity index (χ0) is 27.9. The third kappa shape index (κ3) is 6.39. The second-order valence-corrected chi connectivity index (χ2v) is 10.1. The zero-order valence-corrected chi connectivity index (χ0v) is 22.9. The van der Waals surface area contributed by atoms with E-state index in [4.69, 9.17) is 0 Å². The molecule has 4 rings (SSSR count). The summed E-state index contributed by atoms with van der Waals surface area (Å²) in [6.45, 7) is 6.84. The van der Waals surface area contributed by atoms with Gasteiger partial charge in [-0.25, -0.2) is 0 Å². The van der Waals surface area contributed by atoms with Crippen LogP contribution < -0.4 is 10.6 Å². The van der Waals surface area contributed by atoms with Gasteiger partial charge in [-0.05, 0) is 75.4 Å². The number of phenolic OH excluding ortho intramolecular Hbond substituents is 2. The molecule has 1 aliphatic heterocycles. The number of aromatic hydroxyl groups is 2. The molecule has 1 saturated heterocycles. The minimum atomic E-state index is -0.372. The molecule has 208 valence electrons. The summed E-state index contributed by atoms with van der Waals surface area (Å²) in [5.74, 6) is -0.524. The molecule has 2 amide bonds. The van der Waals surface area contributed by atoms with Gasteiger partial charge in [0.15, 0.2) is 0 Å². The van der Waals surface area contributed by atoms with Crippen LogP contribution in [0, 0.1) is 5.92 Å².